The van der Waals surface area contributed by atoms with Crippen molar-refractivity contribution < 1.29 is 9.84 Å². The Morgan fingerprint density at radius 1 is 1.53 bits per heavy atom. The number of rotatable bonds is 7. The van der Waals surface area contributed by atoms with Crippen LogP contribution in [0.15, 0.2) is 5.38 Å². The number of thiazole rings is 1. The van der Waals surface area contributed by atoms with Gasteiger partial charge in [-0.05, 0) is 6.92 Å². The minimum Gasteiger partial charge on any atom is -0.395 e. The van der Waals surface area contributed by atoms with E-state index in [2.05, 4.69) is 9.88 Å². The second-order valence-electron chi connectivity index (χ2n) is 3.38. The number of aliphatic hydroxyl groups is 1. The van der Waals surface area contributed by atoms with Crippen LogP contribution in [-0.4, -0.2) is 48.4 Å². The largest absolute Gasteiger partial charge is 0.395 e. The molecule has 0 radical (unpaired) electrons. The number of aromatic nitrogens is 1. The SMILES string of the molecule is COCCN(CCO)Cc1nc(C)cs1. The molecule has 0 amide bonds. The summed E-state index contributed by atoms with van der Waals surface area (Å²) in [6.07, 6.45) is 0. The predicted molar refractivity (Wildman–Crippen MR) is 61.1 cm³/mol. The zero-order valence-electron chi connectivity index (χ0n) is 9.27. The van der Waals surface area contributed by atoms with E-state index in [4.69, 9.17) is 9.84 Å². The quantitative estimate of drug-likeness (QED) is 0.755. The van der Waals surface area contributed by atoms with Crippen LogP contribution >= 0.6 is 11.3 Å². The van der Waals surface area contributed by atoms with Crippen molar-refractivity contribution in [1.29, 1.82) is 0 Å². The lowest BCUT2D eigenvalue weighted by Gasteiger charge is -2.19. The van der Waals surface area contributed by atoms with Gasteiger partial charge in [-0.1, -0.05) is 0 Å². The van der Waals surface area contributed by atoms with Gasteiger partial charge in [0.05, 0.1) is 19.8 Å². The highest BCUT2D eigenvalue weighted by atomic mass is 32.1. The van der Waals surface area contributed by atoms with E-state index >= 15 is 0 Å². The Balaban J connectivity index is 2.42. The van der Waals surface area contributed by atoms with Crippen LogP contribution in [0.3, 0.4) is 0 Å². The van der Waals surface area contributed by atoms with Gasteiger partial charge in [0.2, 0.25) is 0 Å². The molecule has 0 fully saturated rings. The molecular formula is C10H18N2O2S. The molecule has 1 aromatic heterocycles. The van der Waals surface area contributed by atoms with Gasteiger partial charge in [-0.2, -0.15) is 0 Å². The van der Waals surface area contributed by atoms with Gasteiger partial charge >= 0.3 is 0 Å². The highest BCUT2D eigenvalue weighted by Gasteiger charge is 2.07. The third-order valence-corrected chi connectivity index (χ3v) is 3.00. The van der Waals surface area contributed by atoms with Crippen LogP contribution in [-0.2, 0) is 11.3 Å². The maximum Gasteiger partial charge on any atom is 0.107 e. The molecule has 86 valence electrons. The predicted octanol–water partition coefficient (Wildman–Crippen LogP) is 0.892. The fourth-order valence-corrected chi connectivity index (χ4v) is 2.11. The highest BCUT2D eigenvalue weighted by molar-refractivity contribution is 7.09. The molecule has 1 aromatic rings. The molecule has 0 saturated carbocycles. The molecule has 0 spiro atoms. The number of hydrogen-bond donors (Lipinski definition) is 1. The minimum atomic E-state index is 0.175. The second-order valence-corrected chi connectivity index (χ2v) is 4.32. The molecule has 0 aliphatic carbocycles. The van der Waals surface area contributed by atoms with Crippen LogP contribution in [0.4, 0.5) is 0 Å². The first-order valence-corrected chi connectivity index (χ1v) is 5.87. The first kappa shape index (κ1) is 12.6. The number of nitrogens with zero attached hydrogens (tertiary/aromatic N) is 2. The summed E-state index contributed by atoms with van der Waals surface area (Å²) in [5, 5.41) is 12.1. The maximum absolute atomic E-state index is 8.92. The van der Waals surface area contributed by atoms with Gasteiger partial charge in [-0.15, -0.1) is 11.3 Å². The summed E-state index contributed by atoms with van der Waals surface area (Å²) in [4.78, 5) is 6.54. The topological polar surface area (TPSA) is 45.6 Å². The molecule has 0 atom stereocenters. The molecule has 0 aromatic carbocycles. The summed E-state index contributed by atoms with van der Waals surface area (Å²) < 4.78 is 5.02. The lowest BCUT2D eigenvalue weighted by atomic mass is 10.4. The Hall–Kier alpha value is -0.490. The van der Waals surface area contributed by atoms with Crippen molar-refractivity contribution in [1.82, 2.24) is 9.88 Å². The Labute approximate surface area is 94.5 Å². The molecule has 0 unspecified atom stereocenters. The average molecular weight is 230 g/mol. The molecule has 0 aliphatic heterocycles. The van der Waals surface area contributed by atoms with Crippen LogP contribution in [0.25, 0.3) is 0 Å². The molecule has 0 saturated heterocycles. The third kappa shape index (κ3) is 4.70. The van der Waals surface area contributed by atoms with E-state index in [0.717, 1.165) is 23.8 Å². The van der Waals surface area contributed by atoms with Gasteiger partial charge in [0.1, 0.15) is 5.01 Å². The Kier molecular flexibility index (Phi) is 5.78. The third-order valence-electron chi connectivity index (χ3n) is 2.05. The summed E-state index contributed by atoms with van der Waals surface area (Å²) in [7, 11) is 1.69. The first-order valence-electron chi connectivity index (χ1n) is 4.99. The van der Waals surface area contributed by atoms with Crippen LogP contribution in [0, 0.1) is 6.92 Å². The van der Waals surface area contributed by atoms with E-state index in [1.807, 2.05) is 12.3 Å². The van der Waals surface area contributed by atoms with E-state index in [1.54, 1.807) is 18.4 Å². The maximum atomic E-state index is 8.92. The van der Waals surface area contributed by atoms with Gasteiger partial charge in [0, 0.05) is 31.3 Å². The van der Waals surface area contributed by atoms with Gasteiger partial charge in [0.25, 0.3) is 0 Å². The lowest BCUT2D eigenvalue weighted by Crippen LogP contribution is -2.29. The van der Waals surface area contributed by atoms with E-state index in [-0.39, 0.29) is 6.61 Å². The summed E-state index contributed by atoms with van der Waals surface area (Å²) in [6, 6.07) is 0. The van der Waals surface area contributed by atoms with Gasteiger partial charge in [0.15, 0.2) is 0 Å². The molecule has 1 rings (SSSR count). The Morgan fingerprint density at radius 2 is 2.33 bits per heavy atom. The van der Waals surface area contributed by atoms with Crippen LogP contribution < -0.4 is 0 Å². The van der Waals surface area contributed by atoms with Crippen molar-refractivity contribution in [3.05, 3.63) is 16.1 Å². The summed E-state index contributed by atoms with van der Waals surface area (Å²) in [5.74, 6) is 0. The molecule has 5 heteroatoms. The lowest BCUT2D eigenvalue weighted by molar-refractivity contribution is 0.127. The van der Waals surface area contributed by atoms with Crippen molar-refractivity contribution >= 4 is 11.3 Å². The molecule has 0 bridgehead atoms. The van der Waals surface area contributed by atoms with Crippen molar-refractivity contribution in [3.8, 4) is 0 Å². The van der Waals surface area contributed by atoms with Crippen LogP contribution in [0.1, 0.15) is 10.7 Å². The summed E-state index contributed by atoms with van der Waals surface area (Å²) in [5.41, 5.74) is 1.06. The van der Waals surface area contributed by atoms with E-state index in [9.17, 15) is 0 Å². The fourth-order valence-electron chi connectivity index (χ4n) is 1.30. The second kappa shape index (κ2) is 6.90. The molecule has 15 heavy (non-hydrogen) atoms. The van der Waals surface area contributed by atoms with Gasteiger partial charge in [-0.3, -0.25) is 4.90 Å². The summed E-state index contributed by atoms with van der Waals surface area (Å²) >= 11 is 1.66. The van der Waals surface area contributed by atoms with Crippen molar-refractivity contribution in [2.75, 3.05) is 33.4 Å². The fraction of sp³-hybridized carbons (Fsp3) is 0.700. The molecule has 1 heterocycles. The van der Waals surface area contributed by atoms with Crippen LogP contribution in [0.5, 0.6) is 0 Å². The van der Waals surface area contributed by atoms with Crippen molar-refractivity contribution in [2.24, 2.45) is 0 Å². The zero-order chi connectivity index (χ0) is 11.1. The standard InChI is InChI=1S/C10H18N2O2S/c1-9-8-15-10(11-9)7-12(3-5-13)4-6-14-2/h8,13H,3-7H2,1-2H3. The molecule has 0 aliphatic rings. The highest BCUT2D eigenvalue weighted by Crippen LogP contribution is 2.11. The molecule has 4 nitrogen and oxygen atoms in total. The Bertz CT molecular complexity index is 278. The minimum absolute atomic E-state index is 0.175. The monoisotopic (exact) mass is 230 g/mol. The Morgan fingerprint density at radius 3 is 2.87 bits per heavy atom. The van der Waals surface area contributed by atoms with E-state index in [0.29, 0.717) is 13.2 Å². The average Bonchev–Trinajstić information content (AvgIpc) is 2.61. The van der Waals surface area contributed by atoms with E-state index < -0.39 is 0 Å². The van der Waals surface area contributed by atoms with Crippen LogP contribution in [0.2, 0.25) is 0 Å². The number of hydrogen-bond acceptors (Lipinski definition) is 5. The number of aliphatic hydroxyl groups excluding tert-OH is 1. The van der Waals surface area contributed by atoms with Crippen molar-refractivity contribution in [3.63, 3.8) is 0 Å². The van der Waals surface area contributed by atoms with Gasteiger partial charge < -0.3 is 9.84 Å². The first-order chi connectivity index (χ1) is 7.26. The zero-order valence-corrected chi connectivity index (χ0v) is 10.1. The smallest absolute Gasteiger partial charge is 0.107 e. The summed E-state index contributed by atoms with van der Waals surface area (Å²) in [6.45, 7) is 5.14. The normalized spacial score (nSPS) is 11.2. The molecule has 1 N–H and O–H groups in total. The van der Waals surface area contributed by atoms with Gasteiger partial charge in [-0.25, -0.2) is 4.98 Å². The molecular weight excluding hydrogens is 212 g/mol. The number of aryl methyl sites for hydroxylation is 1. The van der Waals surface area contributed by atoms with Crippen molar-refractivity contribution in [2.45, 2.75) is 13.5 Å². The number of ether oxygens (including phenoxy) is 1. The number of methoxy groups -OCH3 is 1. The van der Waals surface area contributed by atoms with E-state index in [1.165, 1.54) is 0 Å².